The van der Waals surface area contributed by atoms with Gasteiger partial charge in [-0.05, 0) is 32.0 Å². The molecule has 1 aromatic heterocycles. The van der Waals surface area contributed by atoms with Crippen LogP contribution in [0.5, 0.6) is 5.75 Å². The van der Waals surface area contributed by atoms with Gasteiger partial charge < -0.3 is 4.74 Å². The predicted molar refractivity (Wildman–Crippen MR) is 85.7 cm³/mol. The molecule has 0 atom stereocenters. The second-order valence-electron chi connectivity index (χ2n) is 4.54. The van der Waals surface area contributed by atoms with Gasteiger partial charge in [-0.3, -0.25) is 9.48 Å². The first-order valence-corrected chi connectivity index (χ1v) is 7.14. The van der Waals surface area contributed by atoms with Gasteiger partial charge >= 0.3 is 0 Å². The smallest absolute Gasteiger partial charge is 0.275 e. The molecular formula is C15H17ClN4O2. The summed E-state index contributed by atoms with van der Waals surface area (Å²) in [5.74, 6) is 0.0446. The van der Waals surface area contributed by atoms with Crippen molar-refractivity contribution in [3.05, 3.63) is 46.2 Å². The standard InChI is InChI=1S/C15H17ClN4O2/c1-4-20-10(2)11(9-18-20)8-17-19-15(21)13-7-12(16)5-6-14(13)22-3/h5-9H,4H2,1-3H3,(H,19,21)/b17-8-. The molecule has 1 heterocycles. The molecule has 0 aliphatic rings. The van der Waals surface area contributed by atoms with Gasteiger partial charge in [-0.2, -0.15) is 10.2 Å². The van der Waals surface area contributed by atoms with Gasteiger partial charge in [-0.25, -0.2) is 5.43 Å². The first-order valence-electron chi connectivity index (χ1n) is 6.76. The number of hydrogen-bond donors (Lipinski definition) is 1. The minimum absolute atomic E-state index is 0.327. The number of nitrogens with one attached hydrogen (secondary N) is 1. The molecule has 22 heavy (non-hydrogen) atoms. The Morgan fingerprint density at radius 1 is 1.55 bits per heavy atom. The van der Waals surface area contributed by atoms with Crippen molar-refractivity contribution in [2.45, 2.75) is 20.4 Å². The van der Waals surface area contributed by atoms with Gasteiger partial charge in [0.05, 0.1) is 25.1 Å². The van der Waals surface area contributed by atoms with Crippen molar-refractivity contribution in [2.75, 3.05) is 7.11 Å². The third-order valence-corrected chi connectivity index (χ3v) is 3.45. The van der Waals surface area contributed by atoms with Crippen LogP contribution in [0.1, 0.15) is 28.5 Å². The van der Waals surface area contributed by atoms with E-state index >= 15 is 0 Å². The molecule has 1 aromatic carbocycles. The van der Waals surface area contributed by atoms with Crippen molar-refractivity contribution in [1.82, 2.24) is 15.2 Å². The van der Waals surface area contributed by atoms with Crippen molar-refractivity contribution >= 4 is 23.7 Å². The fraction of sp³-hybridized carbons (Fsp3) is 0.267. The van der Waals surface area contributed by atoms with Gasteiger partial charge in [-0.1, -0.05) is 11.6 Å². The van der Waals surface area contributed by atoms with Crippen molar-refractivity contribution in [2.24, 2.45) is 5.10 Å². The molecule has 0 aliphatic carbocycles. The molecule has 2 aromatic rings. The van der Waals surface area contributed by atoms with Crippen molar-refractivity contribution in [3.8, 4) is 5.75 Å². The van der Waals surface area contributed by atoms with Gasteiger partial charge in [0.15, 0.2) is 0 Å². The average Bonchev–Trinajstić information content (AvgIpc) is 2.87. The highest BCUT2D eigenvalue weighted by Gasteiger charge is 2.12. The number of carbonyl (C=O) groups is 1. The van der Waals surface area contributed by atoms with E-state index in [-0.39, 0.29) is 0 Å². The highest BCUT2D eigenvalue weighted by atomic mass is 35.5. The third-order valence-electron chi connectivity index (χ3n) is 3.22. The van der Waals surface area contributed by atoms with Crippen LogP contribution in [-0.2, 0) is 6.54 Å². The molecule has 0 spiro atoms. The van der Waals surface area contributed by atoms with Crippen molar-refractivity contribution < 1.29 is 9.53 Å². The number of halogens is 1. The number of aryl methyl sites for hydroxylation is 1. The maximum atomic E-state index is 12.1. The van der Waals surface area contributed by atoms with Gasteiger partial charge in [0, 0.05) is 22.8 Å². The summed E-state index contributed by atoms with van der Waals surface area (Å²) in [7, 11) is 1.49. The number of aromatic nitrogens is 2. The average molecular weight is 321 g/mol. The van der Waals surface area contributed by atoms with E-state index in [2.05, 4.69) is 15.6 Å². The second-order valence-corrected chi connectivity index (χ2v) is 4.98. The maximum Gasteiger partial charge on any atom is 0.275 e. The van der Waals surface area contributed by atoms with Crippen LogP contribution < -0.4 is 10.2 Å². The highest BCUT2D eigenvalue weighted by Crippen LogP contribution is 2.22. The van der Waals surface area contributed by atoms with Crippen LogP contribution in [0.25, 0.3) is 0 Å². The number of carbonyl (C=O) groups excluding carboxylic acids is 1. The Labute approximate surface area is 133 Å². The van der Waals surface area contributed by atoms with Gasteiger partial charge in [-0.15, -0.1) is 0 Å². The lowest BCUT2D eigenvalue weighted by atomic mass is 10.2. The molecule has 0 saturated carbocycles. The van der Waals surface area contributed by atoms with Crippen molar-refractivity contribution in [1.29, 1.82) is 0 Å². The summed E-state index contributed by atoms with van der Waals surface area (Å²) in [6.45, 7) is 4.74. The van der Waals surface area contributed by atoms with E-state index in [1.807, 2.05) is 18.5 Å². The van der Waals surface area contributed by atoms with E-state index in [1.165, 1.54) is 13.2 Å². The van der Waals surface area contributed by atoms with E-state index in [0.717, 1.165) is 17.8 Å². The fourth-order valence-electron chi connectivity index (χ4n) is 1.98. The van der Waals surface area contributed by atoms with Crippen LogP contribution >= 0.6 is 11.6 Å². The summed E-state index contributed by atoms with van der Waals surface area (Å²) in [5, 5.41) is 8.61. The van der Waals surface area contributed by atoms with Gasteiger partial charge in [0.1, 0.15) is 5.75 Å². The lowest BCUT2D eigenvalue weighted by molar-refractivity contribution is 0.0952. The largest absolute Gasteiger partial charge is 0.496 e. The van der Waals surface area contributed by atoms with Crippen molar-refractivity contribution in [3.63, 3.8) is 0 Å². The Balaban J connectivity index is 2.11. The Morgan fingerprint density at radius 2 is 2.32 bits per heavy atom. The number of ether oxygens (including phenoxy) is 1. The minimum atomic E-state index is -0.392. The Hall–Kier alpha value is -2.34. The Morgan fingerprint density at radius 3 is 2.95 bits per heavy atom. The molecule has 1 N–H and O–H groups in total. The quantitative estimate of drug-likeness (QED) is 0.680. The molecular weight excluding hydrogens is 304 g/mol. The normalized spacial score (nSPS) is 10.9. The lowest BCUT2D eigenvalue weighted by Crippen LogP contribution is -2.18. The number of hydrogen-bond acceptors (Lipinski definition) is 4. The molecule has 7 heteroatoms. The maximum absolute atomic E-state index is 12.1. The summed E-state index contributed by atoms with van der Waals surface area (Å²) < 4.78 is 6.99. The minimum Gasteiger partial charge on any atom is -0.496 e. The van der Waals surface area contributed by atoms with Crippen LogP contribution in [0.15, 0.2) is 29.5 Å². The molecule has 0 radical (unpaired) electrons. The SMILES string of the molecule is CCn1ncc(/C=N\NC(=O)c2cc(Cl)ccc2OC)c1C. The van der Waals surface area contributed by atoms with Crippen LogP contribution in [0.3, 0.4) is 0 Å². The van der Waals surface area contributed by atoms with Gasteiger partial charge in [0.25, 0.3) is 5.91 Å². The Bertz CT molecular complexity index is 710. The zero-order valence-electron chi connectivity index (χ0n) is 12.6. The number of benzene rings is 1. The van der Waals surface area contributed by atoms with Gasteiger partial charge in [0.2, 0.25) is 0 Å². The van der Waals surface area contributed by atoms with E-state index in [9.17, 15) is 4.79 Å². The van der Waals surface area contributed by atoms with E-state index in [1.54, 1.807) is 24.5 Å². The molecule has 0 saturated heterocycles. The highest BCUT2D eigenvalue weighted by molar-refractivity contribution is 6.31. The summed E-state index contributed by atoms with van der Waals surface area (Å²) >= 11 is 5.90. The molecule has 0 unspecified atom stereocenters. The first-order chi connectivity index (χ1) is 10.6. The van der Waals surface area contributed by atoms with Crippen LogP contribution in [0, 0.1) is 6.92 Å². The summed E-state index contributed by atoms with van der Waals surface area (Å²) in [6.07, 6.45) is 3.26. The monoisotopic (exact) mass is 320 g/mol. The van der Waals surface area contributed by atoms with E-state index in [0.29, 0.717) is 16.3 Å². The van der Waals surface area contributed by atoms with Crippen LogP contribution in [0.4, 0.5) is 0 Å². The molecule has 116 valence electrons. The number of hydrazone groups is 1. The first kappa shape index (κ1) is 16.0. The number of nitrogens with zero attached hydrogens (tertiary/aromatic N) is 3. The molecule has 0 aliphatic heterocycles. The number of rotatable bonds is 5. The summed E-state index contributed by atoms with van der Waals surface area (Å²) in [4.78, 5) is 12.1. The predicted octanol–water partition coefficient (Wildman–Crippen LogP) is 2.64. The molecule has 6 nitrogen and oxygen atoms in total. The van der Waals surface area contributed by atoms with E-state index in [4.69, 9.17) is 16.3 Å². The summed E-state index contributed by atoms with van der Waals surface area (Å²) in [5.41, 5.74) is 4.62. The Kier molecular flexibility index (Phi) is 5.16. The zero-order chi connectivity index (χ0) is 16.1. The zero-order valence-corrected chi connectivity index (χ0v) is 13.4. The number of amides is 1. The topological polar surface area (TPSA) is 68.5 Å². The number of methoxy groups -OCH3 is 1. The molecule has 1 amide bonds. The summed E-state index contributed by atoms with van der Waals surface area (Å²) in [6, 6.07) is 4.82. The molecule has 0 bridgehead atoms. The van der Waals surface area contributed by atoms with E-state index < -0.39 is 5.91 Å². The molecule has 2 rings (SSSR count). The van der Waals surface area contributed by atoms with Crippen LogP contribution in [0.2, 0.25) is 5.02 Å². The second kappa shape index (κ2) is 7.09. The van der Waals surface area contributed by atoms with Crippen LogP contribution in [-0.4, -0.2) is 29.0 Å². The third kappa shape index (κ3) is 3.46. The molecule has 0 fully saturated rings. The fourth-order valence-corrected chi connectivity index (χ4v) is 2.16. The lowest BCUT2D eigenvalue weighted by Gasteiger charge is -2.07.